The highest BCUT2D eigenvalue weighted by molar-refractivity contribution is 6.30. The molecule has 0 unspecified atom stereocenters. The highest BCUT2D eigenvalue weighted by Gasteiger charge is 2.01. The molecule has 3 heteroatoms. The second kappa shape index (κ2) is 5.17. The van der Waals surface area contributed by atoms with Crippen LogP contribution in [0, 0.1) is 0 Å². The summed E-state index contributed by atoms with van der Waals surface area (Å²) in [6, 6.07) is 9.81. The molecule has 16 heavy (non-hydrogen) atoms. The minimum absolute atomic E-state index is 0.758. The largest absolute Gasteiger partial charge is 0.272 e. The number of aryl methyl sites for hydroxylation is 1. The lowest BCUT2D eigenvalue weighted by Crippen LogP contribution is -1.97. The molecule has 1 aromatic heterocycles. The Hall–Kier alpha value is -1.28. The molecule has 0 aliphatic carbocycles. The van der Waals surface area contributed by atoms with Crippen LogP contribution in [0.15, 0.2) is 36.5 Å². The normalized spacial score (nSPS) is 10.6. The Bertz CT molecular complexity index is 445. The van der Waals surface area contributed by atoms with Gasteiger partial charge >= 0.3 is 0 Å². The fraction of sp³-hybridized carbons (Fsp3) is 0.308. The van der Waals surface area contributed by atoms with E-state index >= 15 is 0 Å². The Labute approximate surface area is 101 Å². The molecule has 0 aliphatic heterocycles. The summed E-state index contributed by atoms with van der Waals surface area (Å²) in [4.78, 5) is 0. The van der Waals surface area contributed by atoms with E-state index in [1.54, 1.807) is 0 Å². The summed E-state index contributed by atoms with van der Waals surface area (Å²) in [7, 11) is 0. The SMILES string of the molecule is CCCCn1ccc(-c2ccc(Cl)cc2)n1. The van der Waals surface area contributed by atoms with Gasteiger partial charge in [0.25, 0.3) is 0 Å². The number of hydrogen-bond acceptors (Lipinski definition) is 1. The third-order valence-electron chi connectivity index (χ3n) is 2.52. The van der Waals surface area contributed by atoms with Gasteiger partial charge < -0.3 is 0 Å². The molecule has 0 saturated heterocycles. The predicted octanol–water partition coefficient (Wildman–Crippen LogP) is 4.00. The monoisotopic (exact) mass is 234 g/mol. The van der Waals surface area contributed by atoms with Crippen LogP contribution in [0.1, 0.15) is 19.8 Å². The first-order valence-electron chi connectivity index (χ1n) is 5.59. The van der Waals surface area contributed by atoms with E-state index in [4.69, 9.17) is 11.6 Å². The molecule has 0 bridgehead atoms. The zero-order valence-electron chi connectivity index (χ0n) is 9.36. The van der Waals surface area contributed by atoms with Crippen LogP contribution in [0.5, 0.6) is 0 Å². The van der Waals surface area contributed by atoms with Gasteiger partial charge in [0.05, 0.1) is 5.69 Å². The quantitative estimate of drug-likeness (QED) is 0.782. The lowest BCUT2D eigenvalue weighted by molar-refractivity contribution is 0.573. The molecule has 0 amide bonds. The number of nitrogens with zero attached hydrogens (tertiary/aromatic N) is 2. The second-order valence-corrected chi connectivity index (χ2v) is 4.26. The van der Waals surface area contributed by atoms with Gasteiger partial charge in [0.2, 0.25) is 0 Å². The third kappa shape index (κ3) is 2.64. The summed E-state index contributed by atoms with van der Waals surface area (Å²) in [6.07, 6.45) is 4.39. The van der Waals surface area contributed by atoms with Crippen molar-refractivity contribution >= 4 is 11.6 Å². The molecule has 0 N–H and O–H groups in total. The molecular formula is C13H15ClN2. The smallest absolute Gasteiger partial charge is 0.0923 e. The fourth-order valence-corrected chi connectivity index (χ4v) is 1.71. The Morgan fingerprint density at radius 2 is 1.94 bits per heavy atom. The molecule has 0 saturated carbocycles. The van der Waals surface area contributed by atoms with E-state index in [2.05, 4.69) is 12.0 Å². The number of benzene rings is 1. The highest BCUT2D eigenvalue weighted by atomic mass is 35.5. The number of rotatable bonds is 4. The van der Waals surface area contributed by atoms with Crippen LogP contribution >= 0.6 is 11.6 Å². The minimum Gasteiger partial charge on any atom is -0.272 e. The van der Waals surface area contributed by atoms with Gasteiger partial charge in [-0.25, -0.2) is 0 Å². The first-order chi connectivity index (χ1) is 7.79. The predicted molar refractivity (Wildman–Crippen MR) is 67.6 cm³/mol. The van der Waals surface area contributed by atoms with Crippen molar-refractivity contribution in [3.8, 4) is 11.3 Å². The van der Waals surface area contributed by atoms with Crippen molar-refractivity contribution in [1.29, 1.82) is 0 Å². The van der Waals surface area contributed by atoms with E-state index in [9.17, 15) is 0 Å². The van der Waals surface area contributed by atoms with Crippen molar-refractivity contribution in [3.63, 3.8) is 0 Å². The van der Waals surface area contributed by atoms with Crippen molar-refractivity contribution in [2.45, 2.75) is 26.3 Å². The van der Waals surface area contributed by atoms with Crippen molar-refractivity contribution in [1.82, 2.24) is 9.78 Å². The fourth-order valence-electron chi connectivity index (χ4n) is 1.58. The van der Waals surface area contributed by atoms with Gasteiger partial charge in [-0.3, -0.25) is 4.68 Å². The van der Waals surface area contributed by atoms with Crippen molar-refractivity contribution in [2.24, 2.45) is 0 Å². The van der Waals surface area contributed by atoms with Crippen LogP contribution in [-0.2, 0) is 6.54 Å². The Kier molecular flexibility index (Phi) is 3.62. The van der Waals surface area contributed by atoms with Gasteiger partial charge in [0, 0.05) is 23.3 Å². The molecule has 0 aliphatic rings. The molecule has 2 rings (SSSR count). The summed E-state index contributed by atoms with van der Waals surface area (Å²) in [5, 5.41) is 5.28. The van der Waals surface area contributed by atoms with Gasteiger partial charge in [-0.15, -0.1) is 0 Å². The number of hydrogen-bond donors (Lipinski definition) is 0. The van der Waals surface area contributed by atoms with E-state index in [1.807, 2.05) is 41.2 Å². The Balaban J connectivity index is 2.15. The standard InChI is InChI=1S/C13H15ClN2/c1-2-3-9-16-10-8-13(15-16)11-4-6-12(14)7-5-11/h4-8,10H,2-3,9H2,1H3. The maximum Gasteiger partial charge on any atom is 0.0923 e. The molecule has 2 nitrogen and oxygen atoms in total. The van der Waals surface area contributed by atoms with Gasteiger partial charge in [-0.05, 0) is 24.6 Å². The van der Waals surface area contributed by atoms with Crippen LogP contribution in [-0.4, -0.2) is 9.78 Å². The summed E-state index contributed by atoms with van der Waals surface area (Å²) in [5.74, 6) is 0. The van der Waals surface area contributed by atoms with E-state index < -0.39 is 0 Å². The maximum atomic E-state index is 5.85. The average Bonchev–Trinajstić information content (AvgIpc) is 2.76. The van der Waals surface area contributed by atoms with Crippen LogP contribution in [0.4, 0.5) is 0 Å². The van der Waals surface area contributed by atoms with Gasteiger partial charge in [0.15, 0.2) is 0 Å². The number of unbranched alkanes of at least 4 members (excludes halogenated alkanes) is 1. The lowest BCUT2D eigenvalue weighted by atomic mass is 10.2. The van der Waals surface area contributed by atoms with Crippen molar-refractivity contribution in [2.75, 3.05) is 0 Å². The molecule has 84 valence electrons. The van der Waals surface area contributed by atoms with Crippen molar-refractivity contribution in [3.05, 3.63) is 41.6 Å². The van der Waals surface area contributed by atoms with E-state index in [0.717, 1.165) is 22.8 Å². The van der Waals surface area contributed by atoms with Crippen LogP contribution < -0.4 is 0 Å². The summed E-state index contributed by atoms with van der Waals surface area (Å²) < 4.78 is 1.99. The summed E-state index contributed by atoms with van der Waals surface area (Å²) >= 11 is 5.85. The molecule has 1 aromatic carbocycles. The highest BCUT2D eigenvalue weighted by Crippen LogP contribution is 2.19. The molecule has 0 spiro atoms. The maximum absolute atomic E-state index is 5.85. The van der Waals surface area contributed by atoms with E-state index in [1.165, 1.54) is 12.8 Å². The lowest BCUT2D eigenvalue weighted by Gasteiger charge is -1.99. The van der Waals surface area contributed by atoms with Crippen LogP contribution in [0.25, 0.3) is 11.3 Å². The third-order valence-corrected chi connectivity index (χ3v) is 2.77. The molecule has 1 heterocycles. The topological polar surface area (TPSA) is 17.8 Å². The zero-order chi connectivity index (χ0) is 11.4. The van der Waals surface area contributed by atoms with Gasteiger partial charge in [-0.2, -0.15) is 5.10 Å². The summed E-state index contributed by atoms with van der Waals surface area (Å²) in [6.45, 7) is 3.17. The molecule has 2 aromatic rings. The first kappa shape index (κ1) is 11.2. The second-order valence-electron chi connectivity index (χ2n) is 3.82. The van der Waals surface area contributed by atoms with Gasteiger partial charge in [0.1, 0.15) is 0 Å². The van der Waals surface area contributed by atoms with E-state index in [-0.39, 0.29) is 0 Å². The molecule has 0 fully saturated rings. The molecular weight excluding hydrogens is 220 g/mol. The number of aromatic nitrogens is 2. The van der Waals surface area contributed by atoms with Gasteiger partial charge in [-0.1, -0.05) is 37.1 Å². The Morgan fingerprint density at radius 1 is 1.19 bits per heavy atom. The first-order valence-corrected chi connectivity index (χ1v) is 5.97. The van der Waals surface area contributed by atoms with Crippen LogP contribution in [0.2, 0.25) is 5.02 Å². The van der Waals surface area contributed by atoms with Crippen molar-refractivity contribution < 1.29 is 0 Å². The van der Waals surface area contributed by atoms with E-state index in [0.29, 0.717) is 0 Å². The molecule has 0 atom stereocenters. The number of halogens is 1. The Morgan fingerprint density at radius 3 is 2.62 bits per heavy atom. The summed E-state index contributed by atoms with van der Waals surface area (Å²) in [5.41, 5.74) is 2.12. The average molecular weight is 235 g/mol. The minimum atomic E-state index is 0.758. The van der Waals surface area contributed by atoms with Crippen LogP contribution in [0.3, 0.4) is 0 Å². The molecule has 0 radical (unpaired) electrons. The zero-order valence-corrected chi connectivity index (χ0v) is 10.1.